The highest BCUT2D eigenvalue weighted by atomic mass is 35.5. The Morgan fingerprint density at radius 3 is 2.56 bits per heavy atom. The molecule has 1 aromatic rings. The number of hydrogen-bond donors (Lipinski definition) is 0. The van der Waals surface area contributed by atoms with Gasteiger partial charge in [-0.15, -0.1) is 0 Å². The van der Waals surface area contributed by atoms with Gasteiger partial charge in [0.1, 0.15) is 11.5 Å². The van der Waals surface area contributed by atoms with Gasteiger partial charge in [-0.1, -0.05) is 18.5 Å². The molecule has 4 heteroatoms. The molecule has 0 aromatic heterocycles. The second kappa shape index (κ2) is 4.37. The highest BCUT2D eigenvalue weighted by Gasteiger charge is 2.33. The summed E-state index contributed by atoms with van der Waals surface area (Å²) in [6.07, 6.45) is 2.40. The van der Waals surface area contributed by atoms with Crippen molar-refractivity contribution in [1.82, 2.24) is 0 Å². The predicted octanol–water partition coefficient (Wildman–Crippen LogP) is 3.23. The van der Waals surface area contributed by atoms with Crippen molar-refractivity contribution in [1.29, 1.82) is 5.26 Å². The maximum Gasteiger partial charge on any atom is 0.142 e. The normalized spacial score (nSPS) is 17.4. The van der Waals surface area contributed by atoms with Gasteiger partial charge >= 0.3 is 0 Å². The first-order chi connectivity index (χ1) is 8.77. The van der Waals surface area contributed by atoms with Gasteiger partial charge in [0.25, 0.3) is 0 Å². The average Bonchev–Trinajstić information content (AvgIpc) is 3.03. The van der Waals surface area contributed by atoms with Gasteiger partial charge in [0, 0.05) is 29.5 Å². The minimum atomic E-state index is -0.135. The summed E-state index contributed by atoms with van der Waals surface area (Å²) in [5, 5.41) is 10.0. The molecule has 1 atom stereocenters. The smallest absolute Gasteiger partial charge is 0.142 e. The van der Waals surface area contributed by atoms with Crippen LogP contribution in [0.1, 0.15) is 36.0 Å². The summed E-state index contributed by atoms with van der Waals surface area (Å²) in [4.78, 5) is 0. The van der Waals surface area contributed by atoms with Crippen LogP contribution in [0.4, 0.5) is 0 Å². The van der Waals surface area contributed by atoms with E-state index in [1.54, 1.807) is 0 Å². The van der Waals surface area contributed by atoms with E-state index < -0.39 is 0 Å². The van der Waals surface area contributed by atoms with E-state index >= 15 is 0 Å². The van der Waals surface area contributed by atoms with Crippen molar-refractivity contribution in [3.8, 4) is 17.6 Å². The first kappa shape index (κ1) is 11.7. The number of benzene rings is 1. The summed E-state index contributed by atoms with van der Waals surface area (Å²) in [5.74, 6) is 1.49. The van der Waals surface area contributed by atoms with Crippen LogP contribution in [0.15, 0.2) is 0 Å². The Kier molecular flexibility index (Phi) is 2.83. The standard InChI is InChI=1S/C14H14ClNO2/c1-2-8(7-16)11-9-3-5-18-14(9)12(15)10-4-6-17-13(10)11/h8H,2-6H2,1H3. The minimum Gasteiger partial charge on any atom is -0.493 e. The van der Waals surface area contributed by atoms with Gasteiger partial charge in [0.2, 0.25) is 0 Å². The fourth-order valence-corrected chi connectivity index (χ4v) is 3.17. The molecule has 0 saturated heterocycles. The Morgan fingerprint density at radius 2 is 1.89 bits per heavy atom. The first-order valence-corrected chi connectivity index (χ1v) is 6.68. The quantitative estimate of drug-likeness (QED) is 0.823. The highest BCUT2D eigenvalue weighted by Crippen LogP contribution is 2.49. The molecule has 0 amide bonds. The second-order valence-electron chi connectivity index (χ2n) is 4.63. The maximum atomic E-state index is 9.33. The van der Waals surface area contributed by atoms with E-state index in [1.807, 2.05) is 6.92 Å². The van der Waals surface area contributed by atoms with Crippen LogP contribution in [-0.4, -0.2) is 13.2 Å². The third-order valence-corrected chi connectivity index (χ3v) is 4.09. The molecule has 0 bridgehead atoms. The van der Waals surface area contributed by atoms with Crippen LogP contribution < -0.4 is 9.47 Å². The molecule has 18 heavy (non-hydrogen) atoms. The molecular weight excluding hydrogens is 250 g/mol. The molecular formula is C14H14ClNO2. The summed E-state index contributed by atoms with van der Waals surface area (Å²) in [7, 11) is 0. The van der Waals surface area contributed by atoms with Gasteiger partial charge in [-0.25, -0.2) is 0 Å². The zero-order valence-electron chi connectivity index (χ0n) is 10.3. The molecule has 94 valence electrons. The monoisotopic (exact) mass is 263 g/mol. The molecule has 1 aromatic carbocycles. The molecule has 0 N–H and O–H groups in total. The SMILES string of the molecule is CCC(C#N)c1c2c(c(Cl)c3c1OCC3)OCC2. The number of rotatable bonds is 2. The minimum absolute atomic E-state index is 0.135. The molecule has 0 aliphatic carbocycles. The molecule has 0 radical (unpaired) electrons. The van der Waals surface area contributed by atoms with Gasteiger partial charge < -0.3 is 9.47 Å². The number of fused-ring (bicyclic) bond motifs is 2. The lowest BCUT2D eigenvalue weighted by Crippen LogP contribution is -2.02. The Bertz CT molecular complexity index is 513. The molecule has 0 saturated carbocycles. The maximum absolute atomic E-state index is 9.33. The Hall–Kier alpha value is -1.40. The zero-order chi connectivity index (χ0) is 12.7. The van der Waals surface area contributed by atoms with E-state index in [0.717, 1.165) is 47.5 Å². The van der Waals surface area contributed by atoms with Crippen molar-refractivity contribution < 1.29 is 9.47 Å². The molecule has 0 fully saturated rings. The molecule has 3 rings (SSSR count). The second-order valence-corrected chi connectivity index (χ2v) is 5.01. The van der Waals surface area contributed by atoms with E-state index in [1.165, 1.54) is 0 Å². The van der Waals surface area contributed by atoms with Crippen LogP contribution in [0, 0.1) is 11.3 Å². The summed E-state index contributed by atoms with van der Waals surface area (Å²) in [6, 6.07) is 2.37. The number of hydrogen-bond acceptors (Lipinski definition) is 3. The largest absolute Gasteiger partial charge is 0.493 e. The van der Waals surface area contributed by atoms with Crippen molar-refractivity contribution in [2.45, 2.75) is 32.1 Å². The van der Waals surface area contributed by atoms with Gasteiger partial charge in [0.15, 0.2) is 0 Å². The fourth-order valence-electron chi connectivity index (χ4n) is 2.82. The van der Waals surface area contributed by atoms with Gasteiger partial charge in [-0.3, -0.25) is 0 Å². The van der Waals surface area contributed by atoms with Crippen LogP contribution in [0.2, 0.25) is 5.02 Å². The fraction of sp³-hybridized carbons (Fsp3) is 0.500. The topological polar surface area (TPSA) is 42.2 Å². The number of nitriles is 1. The third kappa shape index (κ3) is 1.49. The van der Waals surface area contributed by atoms with Crippen molar-refractivity contribution in [3.63, 3.8) is 0 Å². The lowest BCUT2D eigenvalue weighted by molar-refractivity contribution is 0.352. The van der Waals surface area contributed by atoms with Gasteiger partial charge in [-0.2, -0.15) is 5.26 Å². The zero-order valence-corrected chi connectivity index (χ0v) is 11.0. The van der Waals surface area contributed by atoms with Crippen molar-refractivity contribution in [2.75, 3.05) is 13.2 Å². The first-order valence-electron chi connectivity index (χ1n) is 6.30. The highest BCUT2D eigenvalue weighted by molar-refractivity contribution is 6.33. The Labute approximate surface area is 111 Å². The third-order valence-electron chi connectivity index (χ3n) is 3.69. The predicted molar refractivity (Wildman–Crippen MR) is 68.5 cm³/mol. The van der Waals surface area contributed by atoms with Gasteiger partial charge in [0.05, 0.1) is 30.2 Å². The van der Waals surface area contributed by atoms with E-state index in [4.69, 9.17) is 21.1 Å². The van der Waals surface area contributed by atoms with E-state index in [2.05, 4.69) is 6.07 Å². The average molecular weight is 264 g/mol. The van der Waals surface area contributed by atoms with Gasteiger partial charge in [-0.05, 0) is 6.42 Å². The summed E-state index contributed by atoms with van der Waals surface area (Å²) in [6.45, 7) is 3.31. The lowest BCUT2D eigenvalue weighted by Gasteiger charge is -2.17. The van der Waals surface area contributed by atoms with Crippen molar-refractivity contribution in [2.24, 2.45) is 0 Å². The van der Waals surface area contributed by atoms with Crippen LogP contribution in [0.5, 0.6) is 11.5 Å². The lowest BCUT2D eigenvalue weighted by atomic mass is 9.89. The molecule has 2 aliphatic heterocycles. The molecule has 3 nitrogen and oxygen atoms in total. The Balaban J connectivity index is 2.28. The summed E-state index contributed by atoms with van der Waals surface area (Å²) < 4.78 is 11.4. The molecule has 2 aliphatic rings. The molecule has 2 heterocycles. The van der Waals surface area contributed by atoms with Crippen LogP contribution in [0.3, 0.4) is 0 Å². The summed E-state index contributed by atoms with van der Waals surface area (Å²) >= 11 is 6.37. The van der Waals surface area contributed by atoms with E-state index in [-0.39, 0.29) is 5.92 Å². The van der Waals surface area contributed by atoms with E-state index in [9.17, 15) is 5.26 Å². The van der Waals surface area contributed by atoms with Crippen molar-refractivity contribution >= 4 is 11.6 Å². The van der Waals surface area contributed by atoms with Crippen LogP contribution in [-0.2, 0) is 12.8 Å². The van der Waals surface area contributed by atoms with Crippen molar-refractivity contribution in [3.05, 3.63) is 21.7 Å². The van der Waals surface area contributed by atoms with Crippen LogP contribution in [0.25, 0.3) is 0 Å². The molecule has 1 unspecified atom stereocenters. The van der Waals surface area contributed by atoms with E-state index in [0.29, 0.717) is 18.2 Å². The summed E-state index contributed by atoms with van der Waals surface area (Å²) in [5.41, 5.74) is 3.11. The number of halogens is 1. The number of nitrogens with zero attached hydrogens (tertiary/aromatic N) is 1. The molecule has 0 spiro atoms. The van der Waals surface area contributed by atoms with Crippen LogP contribution >= 0.6 is 11.6 Å². The number of ether oxygens (including phenoxy) is 2. The Morgan fingerprint density at radius 1 is 1.22 bits per heavy atom.